The Labute approximate surface area is 166 Å². The van der Waals surface area contributed by atoms with Crippen LogP contribution >= 0.6 is 11.6 Å². The van der Waals surface area contributed by atoms with E-state index in [0.29, 0.717) is 23.6 Å². The highest BCUT2D eigenvalue weighted by molar-refractivity contribution is 6.35. The lowest BCUT2D eigenvalue weighted by molar-refractivity contribution is -0.139. The zero-order valence-corrected chi connectivity index (χ0v) is 16.0. The lowest BCUT2D eigenvalue weighted by atomic mass is 10.2. The van der Waals surface area contributed by atoms with Crippen LogP contribution in [0.15, 0.2) is 41.5 Å². The van der Waals surface area contributed by atoms with Gasteiger partial charge in [-0.05, 0) is 42.3 Å². The number of amides is 2. The number of nitrogens with one attached hydrogen (secondary N) is 2. The number of benzene rings is 2. The van der Waals surface area contributed by atoms with Crippen molar-refractivity contribution in [1.82, 2.24) is 10.7 Å². The maximum absolute atomic E-state index is 13.0. The normalized spacial score (nSPS) is 10.6. The maximum atomic E-state index is 13.0. The smallest absolute Gasteiger partial charge is 0.329 e. The van der Waals surface area contributed by atoms with E-state index in [1.165, 1.54) is 25.5 Å². The second-order valence-corrected chi connectivity index (χ2v) is 5.92. The molecule has 0 heterocycles. The van der Waals surface area contributed by atoms with Gasteiger partial charge in [-0.3, -0.25) is 9.59 Å². The molecule has 0 aliphatic rings. The molecule has 2 N–H and O–H groups in total. The fourth-order valence-corrected chi connectivity index (χ4v) is 2.42. The number of nitrogens with zero attached hydrogens (tertiary/aromatic N) is 1. The van der Waals surface area contributed by atoms with Gasteiger partial charge in [-0.25, -0.2) is 9.82 Å². The Morgan fingerprint density at radius 3 is 2.57 bits per heavy atom. The standard InChI is InChI=1S/C19H19ClFN3O4/c1-3-22-18(25)19(26)24-23-10-13-8-15(20)17(16(9-13)27-2)28-11-12-4-6-14(21)7-5-12/h4-10H,3,11H2,1-2H3,(H,22,25)(H,24,26)/b23-10-. The number of hydrogen-bond donors (Lipinski definition) is 2. The van der Waals surface area contributed by atoms with E-state index in [9.17, 15) is 14.0 Å². The number of carbonyl (C=O) groups excluding carboxylic acids is 2. The molecule has 0 radical (unpaired) electrons. The molecule has 0 aliphatic heterocycles. The molecule has 7 nitrogen and oxygen atoms in total. The number of halogens is 2. The second kappa shape index (κ2) is 10.3. The molecule has 2 rings (SSSR count). The third-order valence-corrected chi connectivity index (χ3v) is 3.75. The van der Waals surface area contributed by atoms with Crippen LogP contribution in [0.2, 0.25) is 5.02 Å². The van der Waals surface area contributed by atoms with Crippen LogP contribution in [0.3, 0.4) is 0 Å². The monoisotopic (exact) mass is 407 g/mol. The van der Waals surface area contributed by atoms with Crippen molar-refractivity contribution in [1.29, 1.82) is 0 Å². The lowest BCUT2D eigenvalue weighted by Gasteiger charge is -2.13. The van der Waals surface area contributed by atoms with Crippen LogP contribution in [0.25, 0.3) is 0 Å². The average molecular weight is 408 g/mol. The summed E-state index contributed by atoms with van der Waals surface area (Å²) in [5.41, 5.74) is 3.39. The van der Waals surface area contributed by atoms with Crippen molar-refractivity contribution < 1.29 is 23.5 Å². The number of ether oxygens (including phenoxy) is 2. The van der Waals surface area contributed by atoms with Gasteiger partial charge in [0.25, 0.3) is 0 Å². The quantitative estimate of drug-likeness (QED) is 0.419. The number of hydrazone groups is 1. The van der Waals surface area contributed by atoms with Gasteiger partial charge in [-0.1, -0.05) is 23.7 Å². The molecule has 0 spiro atoms. The molecule has 0 saturated heterocycles. The Kier molecular flexibility index (Phi) is 7.76. The Balaban J connectivity index is 2.07. The van der Waals surface area contributed by atoms with Gasteiger partial charge in [0.2, 0.25) is 0 Å². The zero-order chi connectivity index (χ0) is 20.5. The van der Waals surface area contributed by atoms with Crippen molar-refractivity contribution in [2.45, 2.75) is 13.5 Å². The van der Waals surface area contributed by atoms with Gasteiger partial charge in [0.1, 0.15) is 12.4 Å². The molecular formula is C19H19ClFN3O4. The largest absolute Gasteiger partial charge is 0.493 e. The molecule has 2 aromatic rings. The summed E-state index contributed by atoms with van der Waals surface area (Å²) < 4.78 is 24.0. The topological polar surface area (TPSA) is 89.0 Å². The Morgan fingerprint density at radius 2 is 1.93 bits per heavy atom. The van der Waals surface area contributed by atoms with Crippen LogP contribution < -0.4 is 20.2 Å². The van der Waals surface area contributed by atoms with E-state index < -0.39 is 11.8 Å². The number of hydrogen-bond acceptors (Lipinski definition) is 5. The van der Waals surface area contributed by atoms with E-state index in [4.69, 9.17) is 21.1 Å². The van der Waals surface area contributed by atoms with Gasteiger partial charge in [-0.15, -0.1) is 0 Å². The fraction of sp³-hybridized carbons (Fsp3) is 0.211. The van der Waals surface area contributed by atoms with Crippen LogP contribution in [-0.2, 0) is 16.2 Å². The van der Waals surface area contributed by atoms with Crippen molar-refractivity contribution >= 4 is 29.6 Å². The van der Waals surface area contributed by atoms with Crippen molar-refractivity contribution in [2.24, 2.45) is 5.10 Å². The Bertz CT molecular complexity index is 872. The molecule has 0 unspecified atom stereocenters. The molecule has 0 aromatic heterocycles. The summed E-state index contributed by atoms with van der Waals surface area (Å²) in [6.45, 7) is 2.21. The first kappa shape index (κ1) is 21.2. The highest BCUT2D eigenvalue weighted by Gasteiger charge is 2.13. The number of carbonyl (C=O) groups is 2. The number of methoxy groups -OCH3 is 1. The van der Waals surface area contributed by atoms with Crippen molar-refractivity contribution in [3.63, 3.8) is 0 Å². The molecule has 2 amide bonds. The van der Waals surface area contributed by atoms with E-state index in [0.717, 1.165) is 5.56 Å². The van der Waals surface area contributed by atoms with E-state index in [-0.39, 0.29) is 17.4 Å². The summed E-state index contributed by atoms with van der Waals surface area (Å²) >= 11 is 6.26. The van der Waals surface area contributed by atoms with Crippen molar-refractivity contribution in [2.75, 3.05) is 13.7 Å². The van der Waals surface area contributed by atoms with Gasteiger partial charge in [-0.2, -0.15) is 5.10 Å². The molecule has 9 heteroatoms. The number of likely N-dealkylation sites (N-methyl/N-ethyl adjacent to an activating group) is 1. The summed E-state index contributed by atoms with van der Waals surface area (Å²) in [5, 5.41) is 6.34. The SMILES string of the molecule is CCNC(=O)C(=O)N/N=C\c1cc(Cl)c(OCc2ccc(F)cc2)c(OC)c1. The maximum Gasteiger partial charge on any atom is 0.329 e. The fourth-order valence-electron chi connectivity index (χ4n) is 2.15. The molecule has 0 atom stereocenters. The van der Waals surface area contributed by atoms with E-state index in [2.05, 4.69) is 15.8 Å². The number of rotatable bonds is 7. The Hall–Kier alpha value is -3.13. The molecule has 28 heavy (non-hydrogen) atoms. The third kappa shape index (κ3) is 5.95. The minimum Gasteiger partial charge on any atom is -0.493 e. The molecule has 0 aliphatic carbocycles. The summed E-state index contributed by atoms with van der Waals surface area (Å²) in [4.78, 5) is 22.8. The second-order valence-electron chi connectivity index (χ2n) is 5.51. The minimum absolute atomic E-state index is 0.173. The average Bonchev–Trinajstić information content (AvgIpc) is 2.68. The Morgan fingerprint density at radius 1 is 1.21 bits per heavy atom. The highest BCUT2D eigenvalue weighted by Crippen LogP contribution is 2.36. The van der Waals surface area contributed by atoms with E-state index in [1.807, 2.05) is 0 Å². The first-order valence-electron chi connectivity index (χ1n) is 8.30. The van der Waals surface area contributed by atoms with Gasteiger partial charge in [0.15, 0.2) is 11.5 Å². The van der Waals surface area contributed by atoms with Crippen molar-refractivity contribution in [3.05, 3.63) is 58.4 Å². The van der Waals surface area contributed by atoms with Crippen LogP contribution in [0.1, 0.15) is 18.1 Å². The predicted molar refractivity (Wildman–Crippen MR) is 103 cm³/mol. The molecule has 0 fully saturated rings. The first-order valence-corrected chi connectivity index (χ1v) is 8.68. The lowest BCUT2D eigenvalue weighted by Crippen LogP contribution is -2.37. The van der Waals surface area contributed by atoms with Gasteiger partial charge in [0.05, 0.1) is 18.3 Å². The van der Waals surface area contributed by atoms with Gasteiger partial charge < -0.3 is 14.8 Å². The summed E-state index contributed by atoms with van der Waals surface area (Å²) in [6, 6.07) is 9.06. The van der Waals surface area contributed by atoms with Gasteiger partial charge >= 0.3 is 11.8 Å². The zero-order valence-electron chi connectivity index (χ0n) is 15.3. The van der Waals surface area contributed by atoms with Crippen LogP contribution in [-0.4, -0.2) is 31.7 Å². The molecule has 148 valence electrons. The summed E-state index contributed by atoms with van der Waals surface area (Å²) in [6.07, 6.45) is 1.31. The molecule has 0 bridgehead atoms. The van der Waals surface area contributed by atoms with Crippen molar-refractivity contribution in [3.8, 4) is 11.5 Å². The van der Waals surface area contributed by atoms with Gasteiger partial charge in [0, 0.05) is 6.54 Å². The van der Waals surface area contributed by atoms with Crippen LogP contribution in [0.5, 0.6) is 11.5 Å². The summed E-state index contributed by atoms with van der Waals surface area (Å²) in [7, 11) is 1.45. The van der Waals surface area contributed by atoms with Crippen LogP contribution in [0.4, 0.5) is 4.39 Å². The third-order valence-electron chi connectivity index (χ3n) is 3.47. The molecule has 2 aromatic carbocycles. The molecular weight excluding hydrogens is 389 g/mol. The molecule has 0 saturated carbocycles. The van der Waals surface area contributed by atoms with Crippen LogP contribution in [0, 0.1) is 5.82 Å². The van der Waals surface area contributed by atoms with E-state index in [1.54, 1.807) is 31.2 Å². The first-order chi connectivity index (χ1) is 13.4. The highest BCUT2D eigenvalue weighted by atomic mass is 35.5. The van der Waals surface area contributed by atoms with E-state index >= 15 is 0 Å². The summed E-state index contributed by atoms with van der Waals surface area (Å²) in [5.74, 6) is -1.32. The predicted octanol–water partition coefficient (Wildman–Crippen LogP) is 2.65. The minimum atomic E-state index is -0.879.